The molecule has 0 aromatic heterocycles. The molecule has 3 heteroatoms. The maximum atomic E-state index is 12.1. The molecular weight excluding hydrogens is 262 g/mol. The topological polar surface area (TPSA) is 38.3 Å². The third-order valence-electron chi connectivity index (χ3n) is 3.85. The van der Waals surface area contributed by atoms with Crippen LogP contribution in [0, 0.1) is 5.92 Å². The molecule has 2 aromatic rings. The number of hydrogen-bond donors (Lipinski definition) is 1. The van der Waals surface area contributed by atoms with Crippen LogP contribution in [0.3, 0.4) is 0 Å². The fourth-order valence-corrected chi connectivity index (χ4v) is 3.12. The van der Waals surface area contributed by atoms with E-state index in [1.165, 1.54) is 0 Å². The Hall–Kier alpha value is -2.29. The summed E-state index contributed by atoms with van der Waals surface area (Å²) in [5.41, 5.74) is 1.58. The van der Waals surface area contributed by atoms with Gasteiger partial charge in [-0.1, -0.05) is 62.4 Å². The molecule has 0 saturated heterocycles. The lowest BCUT2D eigenvalue weighted by Crippen LogP contribution is -2.52. The van der Waals surface area contributed by atoms with E-state index < -0.39 is 11.6 Å². The molecule has 1 atom stereocenters. The number of carbonyl (C=O) groups is 1. The summed E-state index contributed by atoms with van der Waals surface area (Å²) in [6, 6.07) is 17.9. The maximum Gasteiger partial charge on any atom is 0.413 e. The molecular formula is C18H19NO2. The number of hydrogen-bond acceptors (Lipinski definition) is 2. The van der Waals surface area contributed by atoms with Crippen LogP contribution in [0.1, 0.15) is 31.4 Å². The van der Waals surface area contributed by atoms with Gasteiger partial charge in [0.05, 0.1) is 5.54 Å². The zero-order chi connectivity index (χ0) is 14.9. The lowest BCUT2D eigenvalue weighted by molar-refractivity contribution is 0.171. The third-order valence-corrected chi connectivity index (χ3v) is 3.85. The van der Waals surface area contributed by atoms with Gasteiger partial charge in [0.2, 0.25) is 0 Å². The second-order valence-electron chi connectivity index (χ2n) is 5.88. The van der Waals surface area contributed by atoms with Crippen LogP contribution in [-0.4, -0.2) is 6.09 Å². The Balaban J connectivity index is 2.23. The molecule has 0 spiro atoms. The lowest BCUT2D eigenvalue weighted by atomic mass is 9.76. The van der Waals surface area contributed by atoms with Gasteiger partial charge in [-0.3, -0.25) is 0 Å². The fourth-order valence-electron chi connectivity index (χ4n) is 3.12. The average molecular weight is 281 g/mol. The Morgan fingerprint density at radius 3 is 2.43 bits per heavy atom. The molecule has 0 radical (unpaired) electrons. The van der Waals surface area contributed by atoms with Crippen molar-refractivity contribution in [1.29, 1.82) is 0 Å². The van der Waals surface area contributed by atoms with E-state index in [0.29, 0.717) is 11.7 Å². The quantitative estimate of drug-likeness (QED) is 0.920. The van der Waals surface area contributed by atoms with Gasteiger partial charge in [-0.2, -0.15) is 0 Å². The van der Waals surface area contributed by atoms with Crippen molar-refractivity contribution in [3.8, 4) is 5.75 Å². The molecule has 1 N–H and O–H groups in total. The molecule has 0 fully saturated rings. The van der Waals surface area contributed by atoms with Crippen LogP contribution < -0.4 is 10.1 Å². The van der Waals surface area contributed by atoms with Gasteiger partial charge in [0, 0.05) is 5.56 Å². The Kier molecular flexibility index (Phi) is 3.42. The molecule has 1 amide bonds. The molecule has 21 heavy (non-hydrogen) atoms. The molecule has 2 aromatic carbocycles. The highest BCUT2D eigenvalue weighted by Gasteiger charge is 2.42. The van der Waals surface area contributed by atoms with E-state index in [4.69, 9.17) is 4.74 Å². The number of fused-ring (bicyclic) bond motifs is 1. The first-order chi connectivity index (χ1) is 10.1. The highest BCUT2D eigenvalue weighted by molar-refractivity contribution is 5.76. The van der Waals surface area contributed by atoms with Crippen molar-refractivity contribution in [1.82, 2.24) is 5.32 Å². The Morgan fingerprint density at radius 2 is 1.71 bits per heavy atom. The molecule has 1 unspecified atom stereocenters. The van der Waals surface area contributed by atoms with Gasteiger partial charge in [-0.25, -0.2) is 4.79 Å². The van der Waals surface area contributed by atoms with Gasteiger partial charge in [0.1, 0.15) is 5.75 Å². The lowest BCUT2D eigenvalue weighted by Gasteiger charge is -2.40. The predicted molar refractivity (Wildman–Crippen MR) is 82.3 cm³/mol. The first-order valence-electron chi connectivity index (χ1n) is 7.27. The monoisotopic (exact) mass is 281 g/mol. The summed E-state index contributed by atoms with van der Waals surface area (Å²) < 4.78 is 5.34. The number of rotatable bonds is 3. The average Bonchev–Trinajstić information content (AvgIpc) is 2.47. The largest absolute Gasteiger partial charge is 0.413 e. The van der Waals surface area contributed by atoms with Crippen LogP contribution in [0.4, 0.5) is 4.79 Å². The number of para-hydroxylation sites is 1. The van der Waals surface area contributed by atoms with Crippen LogP contribution in [0.5, 0.6) is 5.75 Å². The SMILES string of the molecule is CC(C)CC1(c2ccccc2)NC(=O)Oc2ccccc21. The van der Waals surface area contributed by atoms with Crippen molar-refractivity contribution >= 4 is 6.09 Å². The number of carbonyl (C=O) groups excluding carboxylic acids is 1. The minimum Gasteiger partial charge on any atom is -0.410 e. The van der Waals surface area contributed by atoms with E-state index in [0.717, 1.165) is 17.5 Å². The minimum atomic E-state index is -0.526. The van der Waals surface area contributed by atoms with Gasteiger partial charge in [-0.05, 0) is 24.0 Å². The summed E-state index contributed by atoms with van der Waals surface area (Å²) in [6.07, 6.45) is 0.432. The first-order valence-corrected chi connectivity index (χ1v) is 7.27. The zero-order valence-corrected chi connectivity index (χ0v) is 12.3. The van der Waals surface area contributed by atoms with Crippen molar-refractivity contribution in [2.45, 2.75) is 25.8 Å². The van der Waals surface area contributed by atoms with Crippen LogP contribution in [0.2, 0.25) is 0 Å². The minimum absolute atomic E-state index is 0.391. The molecule has 3 rings (SSSR count). The summed E-state index contributed by atoms with van der Waals surface area (Å²) in [4.78, 5) is 12.1. The van der Waals surface area contributed by atoms with Gasteiger partial charge in [0.15, 0.2) is 0 Å². The second-order valence-corrected chi connectivity index (χ2v) is 5.88. The molecule has 1 aliphatic heterocycles. The van der Waals surface area contributed by atoms with Crippen molar-refractivity contribution < 1.29 is 9.53 Å². The number of amides is 1. The normalized spacial score (nSPS) is 20.6. The smallest absolute Gasteiger partial charge is 0.410 e. The summed E-state index contributed by atoms with van der Waals surface area (Å²) in [7, 11) is 0. The van der Waals surface area contributed by atoms with Gasteiger partial charge >= 0.3 is 6.09 Å². The van der Waals surface area contributed by atoms with Crippen LogP contribution in [-0.2, 0) is 5.54 Å². The number of ether oxygens (including phenoxy) is 1. The fraction of sp³-hybridized carbons (Fsp3) is 0.278. The molecule has 1 aliphatic rings. The highest BCUT2D eigenvalue weighted by atomic mass is 16.6. The zero-order valence-electron chi connectivity index (χ0n) is 12.3. The van der Waals surface area contributed by atoms with Crippen molar-refractivity contribution in [2.24, 2.45) is 5.92 Å². The van der Waals surface area contributed by atoms with Gasteiger partial charge in [-0.15, -0.1) is 0 Å². The highest BCUT2D eigenvalue weighted by Crippen LogP contribution is 2.42. The predicted octanol–water partition coefficient (Wildman–Crippen LogP) is 4.08. The van der Waals surface area contributed by atoms with Crippen molar-refractivity contribution in [2.75, 3.05) is 0 Å². The molecule has 0 aliphatic carbocycles. The van der Waals surface area contributed by atoms with Gasteiger partial charge < -0.3 is 10.1 Å². The Morgan fingerprint density at radius 1 is 1.05 bits per heavy atom. The first kappa shape index (κ1) is 13.7. The van der Waals surface area contributed by atoms with E-state index in [1.807, 2.05) is 42.5 Å². The summed E-state index contributed by atoms with van der Waals surface area (Å²) >= 11 is 0. The van der Waals surface area contributed by atoms with E-state index in [1.54, 1.807) is 0 Å². The molecule has 1 heterocycles. The van der Waals surface area contributed by atoms with E-state index in [-0.39, 0.29) is 0 Å². The van der Waals surface area contributed by atoms with Crippen LogP contribution >= 0.6 is 0 Å². The summed E-state index contributed by atoms with van der Waals surface area (Å²) in [5.74, 6) is 1.07. The standard InChI is InChI=1S/C18H19NO2/c1-13(2)12-18(14-8-4-3-5-9-14)15-10-6-7-11-16(15)21-17(20)19-18/h3-11,13H,12H2,1-2H3,(H,19,20). The third kappa shape index (κ3) is 2.40. The Labute approximate surface area is 124 Å². The Bertz CT molecular complexity index is 651. The summed E-state index contributed by atoms with van der Waals surface area (Å²) in [5, 5.41) is 3.07. The van der Waals surface area contributed by atoms with Crippen molar-refractivity contribution in [3.05, 3.63) is 65.7 Å². The van der Waals surface area contributed by atoms with Crippen molar-refractivity contribution in [3.63, 3.8) is 0 Å². The molecule has 0 saturated carbocycles. The number of nitrogens with one attached hydrogen (secondary N) is 1. The van der Waals surface area contributed by atoms with E-state index >= 15 is 0 Å². The number of benzene rings is 2. The molecule has 3 nitrogen and oxygen atoms in total. The van der Waals surface area contributed by atoms with E-state index in [2.05, 4.69) is 31.3 Å². The van der Waals surface area contributed by atoms with E-state index in [9.17, 15) is 4.79 Å². The molecule has 0 bridgehead atoms. The second kappa shape index (κ2) is 5.24. The van der Waals surface area contributed by atoms with Gasteiger partial charge in [0.25, 0.3) is 0 Å². The molecule has 108 valence electrons. The maximum absolute atomic E-state index is 12.1. The summed E-state index contributed by atoms with van der Waals surface area (Å²) in [6.45, 7) is 4.32. The van der Waals surface area contributed by atoms with Crippen LogP contribution in [0.15, 0.2) is 54.6 Å². The van der Waals surface area contributed by atoms with Crippen LogP contribution in [0.25, 0.3) is 0 Å².